The number of nitrogens with one attached hydrogen (secondary N) is 1. The molecule has 5 aromatic rings. The van der Waals surface area contributed by atoms with Gasteiger partial charge >= 0.3 is 0 Å². The van der Waals surface area contributed by atoms with Gasteiger partial charge < -0.3 is 5.32 Å². The van der Waals surface area contributed by atoms with Gasteiger partial charge in [-0.25, -0.2) is 14.1 Å². The van der Waals surface area contributed by atoms with Crippen LogP contribution in [0.25, 0.3) is 28.1 Å². The molecule has 0 saturated carbocycles. The van der Waals surface area contributed by atoms with E-state index in [1.807, 2.05) is 43.3 Å². The molecule has 0 aliphatic heterocycles. The number of carbonyl (C=O) groups is 1. The normalized spacial score (nSPS) is 11.0. The first-order chi connectivity index (χ1) is 16.1. The van der Waals surface area contributed by atoms with E-state index in [0.29, 0.717) is 17.1 Å². The topological polar surface area (TPSA) is 85.6 Å². The second-order valence-electron chi connectivity index (χ2n) is 7.50. The minimum Gasteiger partial charge on any atom is -0.346 e. The van der Waals surface area contributed by atoms with Crippen molar-refractivity contribution in [2.75, 3.05) is 0 Å². The molecule has 33 heavy (non-hydrogen) atoms. The molecule has 0 fully saturated rings. The number of aryl methyl sites for hydroxylation is 1. The Kier molecular flexibility index (Phi) is 5.32. The fourth-order valence-corrected chi connectivity index (χ4v) is 3.55. The highest BCUT2D eigenvalue weighted by Gasteiger charge is 2.18. The summed E-state index contributed by atoms with van der Waals surface area (Å²) in [6.45, 7) is 1.95. The summed E-state index contributed by atoms with van der Waals surface area (Å²) < 4.78 is 15.6. The predicted octanol–water partition coefficient (Wildman–Crippen LogP) is 4.26. The van der Waals surface area contributed by atoms with E-state index >= 15 is 0 Å². The number of hydrogen-bond donors (Lipinski definition) is 1. The van der Waals surface area contributed by atoms with Gasteiger partial charge in [-0.2, -0.15) is 5.10 Å². The predicted molar refractivity (Wildman–Crippen MR) is 122 cm³/mol. The van der Waals surface area contributed by atoms with Crippen LogP contribution >= 0.6 is 0 Å². The summed E-state index contributed by atoms with van der Waals surface area (Å²) in [5.41, 5.74) is 4.41. The molecule has 0 radical (unpaired) electrons. The van der Waals surface area contributed by atoms with Gasteiger partial charge in [0.05, 0.1) is 16.7 Å². The van der Waals surface area contributed by atoms with Crippen LogP contribution in [0.2, 0.25) is 0 Å². The second kappa shape index (κ2) is 8.58. The summed E-state index contributed by atoms with van der Waals surface area (Å²) in [5, 5.41) is 7.27. The molecular formula is C25H19FN6O. The summed E-state index contributed by atoms with van der Waals surface area (Å²) in [4.78, 5) is 26.1. The van der Waals surface area contributed by atoms with Crippen LogP contribution in [0.5, 0.6) is 0 Å². The van der Waals surface area contributed by atoms with Crippen molar-refractivity contribution in [3.63, 3.8) is 0 Å². The van der Waals surface area contributed by atoms with Gasteiger partial charge in [-0.1, -0.05) is 30.3 Å². The highest BCUT2D eigenvalue weighted by molar-refractivity contribution is 5.94. The minimum atomic E-state index is -0.411. The van der Waals surface area contributed by atoms with E-state index in [1.165, 1.54) is 6.07 Å². The standard InChI is InChI=1S/C25H19FN6O/c1-16-5-4-8-24(30-16)32-23(17-9-10-20-21(13-17)28-12-11-27-20)14-22(31-32)25(33)29-15-18-6-2-3-7-19(18)26/h2-14H,15H2,1H3,(H,29,33). The van der Waals surface area contributed by atoms with Crippen molar-refractivity contribution in [3.8, 4) is 17.1 Å². The highest BCUT2D eigenvalue weighted by Crippen LogP contribution is 2.26. The third-order valence-electron chi connectivity index (χ3n) is 5.19. The van der Waals surface area contributed by atoms with Crippen LogP contribution in [0.1, 0.15) is 21.7 Å². The molecular weight excluding hydrogens is 419 g/mol. The zero-order valence-electron chi connectivity index (χ0n) is 17.7. The van der Waals surface area contributed by atoms with E-state index < -0.39 is 5.91 Å². The lowest BCUT2D eigenvalue weighted by atomic mass is 10.1. The quantitative estimate of drug-likeness (QED) is 0.443. The summed E-state index contributed by atoms with van der Waals surface area (Å²) >= 11 is 0. The highest BCUT2D eigenvalue weighted by atomic mass is 19.1. The van der Waals surface area contributed by atoms with Crippen LogP contribution in [-0.4, -0.2) is 30.6 Å². The lowest BCUT2D eigenvalue weighted by molar-refractivity contribution is 0.0945. The Labute approximate surface area is 189 Å². The zero-order valence-corrected chi connectivity index (χ0v) is 17.7. The molecule has 0 atom stereocenters. The number of fused-ring (bicyclic) bond motifs is 1. The Morgan fingerprint density at radius 3 is 2.61 bits per heavy atom. The third kappa shape index (κ3) is 4.18. The van der Waals surface area contributed by atoms with Crippen LogP contribution in [0.3, 0.4) is 0 Å². The number of halogens is 1. The minimum absolute atomic E-state index is 0.0575. The maximum absolute atomic E-state index is 13.9. The number of rotatable bonds is 5. The number of pyridine rings is 1. The molecule has 162 valence electrons. The van der Waals surface area contributed by atoms with Gasteiger partial charge in [-0.3, -0.25) is 14.8 Å². The smallest absolute Gasteiger partial charge is 0.272 e. The fourth-order valence-electron chi connectivity index (χ4n) is 3.55. The van der Waals surface area contributed by atoms with Gasteiger partial charge in [0.2, 0.25) is 0 Å². The third-order valence-corrected chi connectivity index (χ3v) is 5.19. The molecule has 8 heteroatoms. The molecule has 0 bridgehead atoms. The van der Waals surface area contributed by atoms with Gasteiger partial charge in [0, 0.05) is 35.8 Å². The van der Waals surface area contributed by atoms with Gasteiger partial charge in [0.1, 0.15) is 5.82 Å². The van der Waals surface area contributed by atoms with Gasteiger partial charge in [0.25, 0.3) is 5.91 Å². The van der Waals surface area contributed by atoms with Crippen molar-refractivity contribution in [2.24, 2.45) is 0 Å². The monoisotopic (exact) mass is 438 g/mol. The van der Waals surface area contributed by atoms with E-state index in [2.05, 4.69) is 25.4 Å². The summed E-state index contributed by atoms with van der Waals surface area (Å²) in [6.07, 6.45) is 3.27. The van der Waals surface area contributed by atoms with Crippen molar-refractivity contribution < 1.29 is 9.18 Å². The molecule has 0 aliphatic rings. The average Bonchev–Trinajstić information content (AvgIpc) is 3.29. The Morgan fingerprint density at radius 1 is 0.970 bits per heavy atom. The Balaban J connectivity index is 1.54. The van der Waals surface area contributed by atoms with E-state index in [1.54, 1.807) is 41.3 Å². The Morgan fingerprint density at radius 2 is 1.79 bits per heavy atom. The number of benzene rings is 2. The molecule has 0 aliphatic carbocycles. The summed E-state index contributed by atoms with van der Waals surface area (Å²) in [5.74, 6) is -0.200. The van der Waals surface area contributed by atoms with Crippen LogP contribution in [0.15, 0.2) is 79.1 Å². The number of hydrogen-bond acceptors (Lipinski definition) is 5. The van der Waals surface area contributed by atoms with Crippen LogP contribution in [0, 0.1) is 12.7 Å². The van der Waals surface area contributed by atoms with Crippen LogP contribution < -0.4 is 5.32 Å². The number of nitrogens with zero attached hydrogens (tertiary/aromatic N) is 5. The Bertz CT molecular complexity index is 1480. The van der Waals surface area contributed by atoms with Crippen LogP contribution in [-0.2, 0) is 6.54 Å². The summed E-state index contributed by atoms with van der Waals surface area (Å²) in [6, 6.07) is 19.3. The number of amides is 1. The molecule has 0 unspecified atom stereocenters. The summed E-state index contributed by atoms with van der Waals surface area (Å²) in [7, 11) is 0. The van der Waals surface area contributed by atoms with Crippen LogP contribution in [0.4, 0.5) is 4.39 Å². The van der Waals surface area contributed by atoms with Crippen molar-refractivity contribution in [2.45, 2.75) is 13.5 Å². The molecule has 1 N–H and O–H groups in total. The first kappa shape index (κ1) is 20.4. The molecule has 5 rings (SSSR count). The van der Waals surface area contributed by atoms with Crippen molar-refractivity contribution in [3.05, 3.63) is 102 Å². The van der Waals surface area contributed by atoms with E-state index in [4.69, 9.17) is 0 Å². The molecule has 3 heterocycles. The van der Waals surface area contributed by atoms with Crippen molar-refractivity contribution >= 4 is 16.9 Å². The van der Waals surface area contributed by atoms with Crippen molar-refractivity contribution in [1.29, 1.82) is 0 Å². The van der Waals surface area contributed by atoms with Gasteiger partial charge in [0.15, 0.2) is 11.5 Å². The van der Waals surface area contributed by atoms with Gasteiger partial charge in [-0.15, -0.1) is 0 Å². The molecule has 0 saturated heterocycles. The molecule has 1 amide bonds. The largest absolute Gasteiger partial charge is 0.346 e. The van der Waals surface area contributed by atoms with E-state index in [-0.39, 0.29) is 18.1 Å². The molecule has 3 aromatic heterocycles. The van der Waals surface area contributed by atoms with Crippen molar-refractivity contribution in [1.82, 2.24) is 30.0 Å². The zero-order chi connectivity index (χ0) is 22.8. The van der Waals surface area contributed by atoms with E-state index in [0.717, 1.165) is 22.3 Å². The molecule has 2 aromatic carbocycles. The molecule has 7 nitrogen and oxygen atoms in total. The number of aromatic nitrogens is 5. The lowest BCUT2D eigenvalue weighted by Gasteiger charge is -2.08. The maximum atomic E-state index is 13.9. The fraction of sp³-hybridized carbons (Fsp3) is 0.0800. The SMILES string of the molecule is Cc1cccc(-n2nc(C(=O)NCc3ccccc3F)cc2-c2ccc3nccnc3c2)n1. The average molecular weight is 438 g/mol. The number of carbonyl (C=O) groups excluding carboxylic acids is 1. The first-order valence-corrected chi connectivity index (χ1v) is 10.4. The second-order valence-corrected chi connectivity index (χ2v) is 7.50. The lowest BCUT2D eigenvalue weighted by Crippen LogP contribution is -2.24. The first-order valence-electron chi connectivity index (χ1n) is 10.4. The Hall–Kier alpha value is -4.46. The maximum Gasteiger partial charge on any atom is 0.272 e. The molecule has 0 spiro atoms. The van der Waals surface area contributed by atoms with E-state index in [9.17, 15) is 9.18 Å². The van der Waals surface area contributed by atoms with Gasteiger partial charge in [-0.05, 0) is 43.3 Å².